The van der Waals surface area contributed by atoms with Crippen LogP contribution < -0.4 is 0 Å². The topological polar surface area (TPSA) is 52.6 Å². The molecule has 4 rings (SSSR count). The van der Waals surface area contributed by atoms with Crippen molar-refractivity contribution >= 4 is 11.9 Å². The maximum atomic E-state index is 12.0. The highest BCUT2D eigenvalue weighted by molar-refractivity contribution is 6.07. The average molecular weight is 244 g/mol. The Morgan fingerprint density at radius 1 is 1.33 bits per heavy atom. The molecule has 3 aliphatic rings. The molecule has 0 N–H and O–H groups in total. The second kappa shape index (κ2) is 2.76. The predicted molar refractivity (Wildman–Crippen MR) is 60.6 cm³/mol. The first-order valence-electron chi connectivity index (χ1n) is 6.07. The maximum absolute atomic E-state index is 12.0. The third kappa shape index (κ3) is 0.725. The summed E-state index contributed by atoms with van der Waals surface area (Å²) >= 11 is 0. The molecule has 2 unspecified atom stereocenters. The molecule has 1 aromatic rings. The molecule has 4 atom stereocenters. The quantitative estimate of drug-likeness (QED) is 0.729. The molecule has 0 aromatic heterocycles. The van der Waals surface area contributed by atoms with Crippen LogP contribution in [0.3, 0.4) is 0 Å². The monoisotopic (exact) mass is 244 g/mol. The lowest BCUT2D eigenvalue weighted by atomic mass is 9.49. The van der Waals surface area contributed by atoms with Crippen LogP contribution in [0.4, 0.5) is 0 Å². The second-order valence-corrected chi connectivity index (χ2v) is 5.24. The van der Waals surface area contributed by atoms with Crippen molar-refractivity contribution in [3.05, 3.63) is 35.9 Å². The smallest absolute Gasteiger partial charge is 0.352 e. The molecule has 4 nitrogen and oxygen atoms in total. The van der Waals surface area contributed by atoms with Crippen LogP contribution in [0.1, 0.15) is 12.0 Å². The zero-order valence-electron chi connectivity index (χ0n) is 9.88. The number of hydrogen-bond acceptors (Lipinski definition) is 4. The van der Waals surface area contributed by atoms with Gasteiger partial charge in [-0.25, -0.2) is 4.79 Å². The molecule has 4 heteroatoms. The van der Waals surface area contributed by atoms with Crippen LogP contribution in [0, 0.1) is 11.8 Å². The molecule has 0 amide bonds. The van der Waals surface area contributed by atoms with E-state index in [9.17, 15) is 9.59 Å². The van der Waals surface area contributed by atoms with Gasteiger partial charge in [-0.1, -0.05) is 30.3 Å². The van der Waals surface area contributed by atoms with Gasteiger partial charge in [-0.2, -0.15) is 0 Å². The molecular weight excluding hydrogens is 232 g/mol. The van der Waals surface area contributed by atoms with E-state index in [2.05, 4.69) is 0 Å². The molecule has 3 fully saturated rings. The summed E-state index contributed by atoms with van der Waals surface area (Å²) in [4.78, 5) is 24.1. The van der Waals surface area contributed by atoms with Gasteiger partial charge in [-0.05, 0) is 17.9 Å². The van der Waals surface area contributed by atoms with Crippen molar-refractivity contribution in [2.45, 2.75) is 17.4 Å². The highest BCUT2D eigenvalue weighted by Crippen LogP contribution is 2.80. The van der Waals surface area contributed by atoms with Gasteiger partial charge in [0.25, 0.3) is 0 Å². The molecule has 1 aromatic carbocycles. The fourth-order valence-corrected chi connectivity index (χ4v) is 3.99. The van der Waals surface area contributed by atoms with Crippen molar-refractivity contribution < 1.29 is 19.1 Å². The van der Waals surface area contributed by atoms with E-state index in [1.165, 1.54) is 7.11 Å². The zero-order chi connectivity index (χ0) is 12.5. The summed E-state index contributed by atoms with van der Waals surface area (Å²) in [6.45, 7) is 0. The summed E-state index contributed by atoms with van der Waals surface area (Å²) in [5.41, 5.74) is -0.929. The lowest BCUT2D eigenvalue weighted by Gasteiger charge is -2.61. The van der Waals surface area contributed by atoms with Gasteiger partial charge in [-0.15, -0.1) is 0 Å². The van der Waals surface area contributed by atoms with Crippen molar-refractivity contribution in [2.24, 2.45) is 11.8 Å². The van der Waals surface area contributed by atoms with Gasteiger partial charge in [0.15, 0.2) is 0 Å². The Labute approximate surface area is 104 Å². The van der Waals surface area contributed by atoms with Crippen molar-refractivity contribution in [3.63, 3.8) is 0 Å². The zero-order valence-corrected chi connectivity index (χ0v) is 9.88. The van der Waals surface area contributed by atoms with Crippen LogP contribution >= 0.6 is 0 Å². The normalized spacial score (nSPS) is 42.6. The van der Waals surface area contributed by atoms with Crippen LogP contribution in [-0.2, 0) is 24.5 Å². The van der Waals surface area contributed by atoms with Crippen molar-refractivity contribution in [3.8, 4) is 0 Å². The van der Waals surface area contributed by atoms with Crippen molar-refractivity contribution in [2.75, 3.05) is 7.11 Å². The van der Waals surface area contributed by atoms with E-state index in [1.807, 2.05) is 30.3 Å². The van der Waals surface area contributed by atoms with Gasteiger partial charge < -0.3 is 9.47 Å². The number of ether oxygens (including phenoxy) is 2. The molecule has 18 heavy (non-hydrogen) atoms. The minimum absolute atomic E-state index is 0.155. The van der Waals surface area contributed by atoms with E-state index in [0.717, 1.165) is 12.0 Å². The highest BCUT2D eigenvalue weighted by atomic mass is 16.6. The van der Waals surface area contributed by atoms with E-state index in [1.54, 1.807) is 0 Å². The largest absolute Gasteiger partial charge is 0.466 e. The summed E-state index contributed by atoms with van der Waals surface area (Å²) < 4.78 is 10.1. The molecule has 1 saturated heterocycles. The molecule has 2 aliphatic carbocycles. The molecule has 2 saturated carbocycles. The first-order valence-corrected chi connectivity index (χ1v) is 6.07. The van der Waals surface area contributed by atoms with E-state index in [-0.39, 0.29) is 17.8 Å². The Hall–Kier alpha value is -1.84. The van der Waals surface area contributed by atoms with Gasteiger partial charge in [0.2, 0.25) is 5.60 Å². The molecule has 92 valence electrons. The van der Waals surface area contributed by atoms with Gasteiger partial charge in [0.05, 0.1) is 7.11 Å². The Balaban J connectivity index is 1.88. The Morgan fingerprint density at radius 3 is 2.67 bits per heavy atom. The third-order valence-corrected chi connectivity index (χ3v) is 4.75. The summed E-state index contributed by atoms with van der Waals surface area (Å²) in [7, 11) is 1.34. The van der Waals surface area contributed by atoms with Crippen molar-refractivity contribution in [1.29, 1.82) is 0 Å². The Morgan fingerprint density at radius 2 is 2.06 bits per heavy atom. The van der Waals surface area contributed by atoms with Gasteiger partial charge >= 0.3 is 11.9 Å². The molecule has 1 heterocycles. The van der Waals surface area contributed by atoms with Crippen molar-refractivity contribution in [1.82, 2.24) is 0 Å². The van der Waals surface area contributed by atoms with Crippen LogP contribution in [0.5, 0.6) is 0 Å². The number of carbonyl (C=O) groups is 2. The standard InChI is InChI=1S/C14H12O4/c1-17-12(16)14-10-7-9(10)13(14,11(15)18-14)8-5-3-2-4-6-8/h2-6,9-10H,7H2,1H3/t9-,10+,13?,14?/m1/s1. The number of benzene rings is 1. The average Bonchev–Trinajstić information content (AvgIpc) is 3.12. The number of methoxy groups -OCH3 is 1. The lowest BCUT2D eigenvalue weighted by Crippen LogP contribution is -2.81. The predicted octanol–water partition coefficient (Wildman–Crippen LogP) is 1.04. The Kier molecular flexibility index (Phi) is 1.55. The number of rotatable bonds is 2. The number of fused-ring (bicyclic) bond motifs is 4. The first-order chi connectivity index (χ1) is 8.69. The van der Waals surface area contributed by atoms with E-state index < -0.39 is 17.0 Å². The molecular formula is C14H12O4. The van der Waals surface area contributed by atoms with E-state index in [4.69, 9.17) is 9.47 Å². The minimum atomic E-state index is -1.04. The Bertz CT molecular complexity index is 566. The second-order valence-electron chi connectivity index (χ2n) is 5.24. The summed E-state index contributed by atoms with van der Waals surface area (Å²) in [6, 6.07) is 9.45. The summed E-state index contributed by atoms with van der Waals surface area (Å²) in [5.74, 6) is -0.286. The molecule has 0 radical (unpaired) electrons. The molecule has 1 aliphatic heterocycles. The van der Waals surface area contributed by atoms with E-state index in [0.29, 0.717) is 0 Å². The molecule has 0 spiro atoms. The molecule has 0 bridgehead atoms. The fraction of sp³-hybridized carbons (Fsp3) is 0.429. The van der Waals surface area contributed by atoms with Gasteiger partial charge in [-0.3, -0.25) is 4.79 Å². The van der Waals surface area contributed by atoms with Crippen LogP contribution in [0.25, 0.3) is 0 Å². The minimum Gasteiger partial charge on any atom is -0.466 e. The fourth-order valence-electron chi connectivity index (χ4n) is 3.99. The summed E-state index contributed by atoms with van der Waals surface area (Å²) in [5, 5.41) is 0. The van der Waals surface area contributed by atoms with Crippen LogP contribution in [-0.4, -0.2) is 24.6 Å². The highest BCUT2D eigenvalue weighted by Gasteiger charge is 2.95. The number of hydrogen-bond donors (Lipinski definition) is 0. The summed E-state index contributed by atoms with van der Waals surface area (Å²) in [6.07, 6.45) is 0.871. The van der Waals surface area contributed by atoms with Crippen LogP contribution in [0.2, 0.25) is 0 Å². The van der Waals surface area contributed by atoms with Gasteiger partial charge in [0.1, 0.15) is 5.41 Å². The number of esters is 2. The van der Waals surface area contributed by atoms with Gasteiger partial charge in [0, 0.05) is 5.92 Å². The lowest BCUT2D eigenvalue weighted by molar-refractivity contribution is -0.263. The SMILES string of the molecule is COC(=O)C12OC(=O)C1(c1ccccc1)[C@@H]1C[C@@H]12. The third-order valence-electron chi connectivity index (χ3n) is 4.75. The number of carbonyl (C=O) groups excluding carboxylic acids is 2. The maximum Gasteiger partial charge on any atom is 0.352 e. The van der Waals surface area contributed by atoms with Crippen LogP contribution in [0.15, 0.2) is 30.3 Å². The first kappa shape index (κ1) is 10.1. The van der Waals surface area contributed by atoms with E-state index >= 15 is 0 Å².